The average molecular weight is 461 g/mol. The van der Waals surface area contributed by atoms with Crippen LogP contribution in [0.25, 0.3) is 22.2 Å². The summed E-state index contributed by atoms with van der Waals surface area (Å²) >= 11 is 0. The Balaban J connectivity index is 1.23. The molecule has 1 amide bonds. The van der Waals surface area contributed by atoms with Gasteiger partial charge in [-0.05, 0) is 54.5 Å². The number of benzene rings is 2. The molecular formula is C26H28N4O4. The highest BCUT2D eigenvalue weighted by Crippen LogP contribution is 2.39. The summed E-state index contributed by atoms with van der Waals surface area (Å²) in [5.74, 6) is -0.602. The maximum atomic E-state index is 12.7. The van der Waals surface area contributed by atoms with E-state index in [2.05, 4.69) is 11.4 Å². The van der Waals surface area contributed by atoms with Crippen LogP contribution in [-0.2, 0) is 23.0 Å². The van der Waals surface area contributed by atoms with Gasteiger partial charge in [0.05, 0.1) is 29.3 Å². The molecule has 4 atom stereocenters. The van der Waals surface area contributed by atoms with Gasteiger partial charge in [0.1, 0.15) is 6.04 Å². The molecule has 2 aromatic carbocycles. The largest absolute Gasteiger partial charge is 0.419 e. The molecule has 5 rings (SSSR count). The zero-order valence-electron chi connectivity index (χ0n) is 19.1. The fourth-order valence-corrected chi connectivity index (χ4v) is 5.18. The zero-order valence-corrected chi connectivity index (χ0v) is 19.1. The van der Waals surface area contributed by atoms with Gasteiger partial charge in [0, 0.05) is 19.9 Å². The SMILES string of the molecule is Cn1c(=O)oc2ccc(-c3ccc(CC(C#N)NC(=O)CC4(N)CCC5CCC4O5)cc3)cc21. The van der Waals surface area contributed by atoms with E-state index in [-0.39, 0.29) is 24.5 Å². The lowest BCUT2D eigenvalue weighted by atomic mass is 9.83. The van der Waals surface area contributed by atoms with Gasteiger partial charge in [-0.1, -0.05) is 30.3 Å². The van der Waals surface area contributed by atoms with Crippen LogP contribution in [0.5, 0.6) is 0 Å². The van der Waals surface area contributed by atoms with E-state index in [1.807, 2.05) is 36.4 Å². The lowest BCUT2D eigenvalue weighted by Gasteiger charge is -2.38. The normalized spacial score (nSPS) is 24.6. The lowest BCUT2D eigenvalue weighted by molar-refractivity contribution is -0.126. The standard InChI is InChI=1S/C26H28N4O4/c1-30-21-13-18(6-8-22(21)34-25(30)32)17-4-2-16(3-5-17)12-19(15-27)29-24(31)14-26(28)11-10-20-7-9-23(26)33-20/h2-6,8,13,19-20,23H,7,9-12,14,28H2,1H3,(H,29,31). The number of hydrogen-bond acceptors (Lipinski definition) is 6. The van der Waals surface area contributed by atoms with Crippen molar-refractivity contribution in [2.24, 2.45) is 12.8 Å². The molecule has 176 valence electrons. The summed E-state index contributed by atoms with van der Waals surface area (Å²) in [5.41, 5.74) is 10.0. The molecule has 3 heterocycles. The highest BCUT2D eigenvalue weighted by Gasteiger charge is 2.46. The summed E-state index contributed by atoms with van der Waals surface area (Å²) in [7, 11) is 1.68. The van der Waals surface area contributed by atoms with Crippen molar-refractivity contribution in [1.29, 1.82) is 5.26 Å². The van der Waals surface area contributed by atoms with E-state index in [0.717, 1.165) is 47.9 Å². The molecule has 0 spiro atoms. The molecule has 1 aromatic heterocycles. The fourth-order valence-electron chi connectivity index (χ4n) is 5.18. The Morgan fingerprint density at radius 3 is 2.76 bits per heavy atom. The first kappa shape index (κ1) is 22.4. The smallest absolute Gasteiger partial charge is 0.408 e. The minimum atomic E-state index is -0.654. The number of oxazole rings is 1. The molecule has 0 aliphatic carbocycles. The van der Waals surface area contributed by atoms with Gasteiger partial charge in [0.15, 0.2) is 5.58 Å². The number of ether oxygens (including phenoxy) is 1. The second-order valence-corrected chi connectivity index (χ2v) is 9.53. The molecule has 0 saturated carbocycles. The number of nitriles is 1. The van der Waals surface area contributed by atoms with E-state index >= 15 is 0 Å². The van der Waals surface area contributed by atoms with Crippen molar-refractivity contribution >= 4 is 17.0 Å². The Morgan fingerprint density at radius 2 is 2.00 bits per heavy atom. The summed E-state index contributed by atoms with van der Waals surface area (Å²) in [6.07, 6.45) is 4.34. The molecule has 0 radical (unpaired) electrons. The Kier molecular flexibility index (Phi) is 5.76. The number of nitrogens with two attached hydrogens (primary N) is 1. The highest BCUT2D eigenvalue weighted by atomic mass is 16.5. The van der Waals surface area contributed by atoms with E-state index < -0.39 is 17.3 Å². The summed E-state index contributed by atoms with van der Waals surface area (Å²) in [4.78, 5) is 24.4. The third kappa shape index (κ3) is 4.25. The predicted molar refractivity (Wildman–Crippen MR) is 127 cm³/mol. The number of carbonyl (C=O) groups is 1. The number of fused-ring (bicyclic) bond motifs is 3. The van der Waals surface area contributed by atoms with Crippen molar-refractivity contribution in [2.75, 3.05) is 0 Å². The Bertz CT molecular complexity index is 1320. The Morgan fingerprint density at radius 1 is 1.24 bits per heavy atom. The number of carbonyl (C=O) groups excluding carboxylic acids is 1. The first-order chi connectivity index (χ1) is 16.3. The topological polar surface area (TPSA) is 123 Å². The minimum absolute atomic E-state index is 0.0752. The van der Waals surface area contributed by atoms with Gasteiger partial charge in [0.25, 0.3) is 0 Å². The summed E-state index contributed by atoms with van der Waals surface area (Å²) < 4.78 is 12.6. The first-order valence-electron chi connectivity index (χ1n) is 11.7. The van der Waals surface area contributed by atoms with Crippen LogP contribution in [0.1, 0.15) is 37.7 Å². The van der Waals surface area contributed by atoms with E-state index in [9.17, 15) is 14.9 Å². The number of aryl methyl sites for hydroxylation is 1. The monoisotopic (exact) mass is 460 g/mol. The number of hydrogen-bond donors (Lipinski definition) is 2. The molecule has 8 heteroatoms. The minimum Gasteiger partial charge on any atom is -0.408 e. The van der Waals surface area contributed by atoms with Gasteiger partial charge >= 0.3 is 5.76 Å². The first-order valence-corrected chi connectivity index (χ1v) is 11.7. The molecule has 34 heavy (non-hydrogen) atoms. The highest BCUT2D eigenvalue weighted by molar-refractivity contribution is 5.80. The summed E-state index contributed by atoms with van der Waals surface area (Å²) in [6.45, 7) is 0. The van der Waals surface area contributed by atoms with Gasteiger partial charge in [-0.15, -0.1) is 0 Å². The van der Waals surface area contributed by atoms with E-state index in [1.165, 1.54) is 4.57 Å². The van der Waals surface area contributed by atoms with Crippen molar-refractivity contribution in [1.82, 2.24) is 9.88 Å². The second kappa shape index (κ2) is 8.75. The molecule has 3 aromatic rings. The number of nitrogens with one attached hydrogen (secondary N) is 1. The van der Waals surface area contributed by atoms with E-state index in [1.54, 1.807) is 13.1 Å². The maximum absolute atomic E-state index is 12.7. The predicted octanol–water partition coefficient (Wildman–Crippen LogP) is 2.78. The summed E-state index contributed by atoms with van der Waals surface area (Å²) in [5, 5.41) is 12.5. The lowest BCUT2D eigenvalue weighted by Crippen LogP contribution is -2.56. The number of rotatable bonds is 6. The maximum Gasteiger partial charge on any atom is 0.419 e. The van der Waals surface area contributed by atoms with Crippen molar-refractivity contribution in [3.8, 4) is 17.2 Å². The van der Waals surface area contributed by atoms with Crippen LogP contribution in [0.2, 0.25) is 0 Å². The number of nitrogens with zero attached hydrogens (tertiary/aromatic N) is 2. The van der Waals surface area contributed by atoms with Gasteiger partial charge in [-0.3, -0.25) is 9.36 Å². The summed E-state index contributed by atoms with van der Waals surface area (Å²) in [6, 6.07) is 15.0. The van der Waals surface area contributed by atoms with Crippen LogP contribution < -0.4 is 16.8 Å². The van der Waals surface area contributed by atoms with Crippen LogP contribution in [0.4, 0.5) is 0 Å². The zero-order chi connectivity index (χ0) is 23.9. The Labute approximate surface area is 197 Å². The molecule has 3 N–H and O–H groups in total. The van der Waals surface area contributed by atoms with Crippen LogP contribution in [0, 0.1) is 11.3 Å². The molecule has 2 saturated heterocycles. The third-order valence-corrected chi connectivity index (χ3v) is 7.18. The van der Waals surface area contributed by atoms with Gasteiger partial charge in [-0.2, -0.15) is 5.26 Å². The molecule has 4 unspecified atom stereocenters. The van der Waals surface area contributed by atoms with Crippen LogP contribution in [0.3, 0.4) is 0 Å². The van der Waals surface area contributed by atoms with Gasteiger partial charge < -0.3 is 20.2 Å². The number of aromatic nitrogens is 1. The van der Waals surface area contributed by atoms with Gasteiger partial charge in [0.2, 0.25) is 5.91 Å². The average Bonchev–Trinajstić information content (AvgIpc) is 3.38. The van der Waals surface area contributed by atoms with Crippen LogP contribution in [0.15, 0.2) is 51.7 Å². The van der Waals surface area contributed by atoms with E-state index in [4.69, 9.17) is 14.9 Å². The second-order valence-electron chi connectivity index (χ2n) is 9.53. The molecule has 2 fully saturated rings. The van der Waals surface area contributed by atoms with Gasteiger partial charge in [-0.25, -0.2) is 4.79 Å². The number of amides is 1. The molecular weight excluding hydrogens is 432 g/mol. The van der Waals surface area contributed by atoms with Crippen molar-refractivity contribution in [3.63, 3.8) is 0 Å². The molecule has 8 nitrogen and oxygen atoms in total. The fraction of sp³-hybridized carbons (Fsp3) is 0.423. The third-order valence-electron chi connectivity index (χ3n) is 7.18. The molecule has 2 aliphatic heterocycles. The van der Waals surface area contributed by atoms with Crippen molar-refractivity contribution < 1.29 is 13.9 Å². The van der Waals surface area contributed by atoms with Crippen molar-refractivity contribution in [2.45, 2.75) is 62.3 Å². The van der Waals surface area contributed by atoms with Crippen LogP contribution >= 0.6 is 0 Å². The quantitative estimate of drug-likeness (QED) is 0.583. The Hall–Kier alpha value is -3.41. The van der Waals surface area contributed by atoms with Crippen molar-refractivity contribution in [3.05, 3.63) is 58.6 Å². The van der Waals surface area contributed by atoms with E-state index in [0.29, 0.717) is 12.0 Å². The molecule has 2 bridgehead atoms. The molecule has 2 aliphatic rings. The van der Waals surface area contributed by atoms with Crippen LogP contribution in [-0.4, -0.2) is 34.3 Å².